The molecule has 0 aromatic rings. The molecule has 0 rings (SSSR count). The van der Waals surface area contributed by atoms with Gasteiger partial charge in [0.05, 0.1) is 0 Å². The Kier molecular flexibility index (Phi) is 63.5. The number of hydrogen-bond acceptors (Lipinski definition) is 6. The second-order valence-corrected chi connectivity index (χ2v) is 20.5. The van der Waals surface area contributed by atoms with Crippen molar-refractivity contribution in [1.82, 2.24) is 0 Å². The third-order valence-corrected chi connectivity index (χ3v) is 12.8. The number of carbonyl (C=O) groups excluding carboxylic acids is 3. The summed E-state index contributed by atoms with van der Waals surface area (Å²) in [4.78, 5) is 38.4. The van der Waals surface area contributed by atoms with Crippen LogP contribution in [-0.4, -0.2) is 37.2 Å². The Morgan fingerprint density at radius 2 is 0.434 bits per heavy atom. The average molecular weight is 1140 g/mol. The van der Waals surface area contributed by atoms with Crippen LogP contribution in [-0.2, 0) is 28.6 Å². The van der Waals surface area contributed by atoms with Gasteiger partial charge in [-0.2, -0.15) is 0 Å². The van der Waals surface area contributed by atoms with Gasteiger partial charge in [-0.25, -0.2) is 0 Å². The summed E-state index contributed by atoms with van der Waals surface area (Å²) in [6.45, 7) is 6.21. The quantitative estimate of drug-likeness (QED) is 0.0261. The van der Waals surface area contributed by atoms with Gasteiger partial charge in [0.25, 0.3) is 0 Å². The number of unbranched alkanes of at least 4 members (excludes halogenated alkanes) is 11. The largest absolute Gasteiger partial charge is 0.462 e. The number of ether oxygens (including phenoxy) is 3. The minimum Gasteiger partial charge on any atom is -0.462 e. The van der Waals surface area contributed by atoms with Crippen LogP contribution in [0.5, 0.6) is 0 Å². The summed E-state index contributed by atoms with van der Waals surface area (Å²) in [5, 5.41) is 0. The summed E-state index contributed by atoms with van der Waals surface area (Å²) in [5.41, 5.74) is 0. The fourth-order valence-electron chi connectivity index (χ4n) is 8.00. The lowest BCUT2D eigenvalue weighted by atomic mass is 10.1. The summed E-state index contributed by atoms with van der Waals surface area (Å²) >= 11 is 0. The van der Waals surface area contributed by atoms with E-state index in [1.165, 1.54) is 12.8 Å². The molecule has 0 bridgehead atoms. The van der Waals surface area contributed by atoms with Gasteiger partial charge in [0.2, 0.25) is 0 Å². The topological polar surface area (TPSA) is 78.9 Å². The summed E-state index contributed by atoms with van der Waals surface area (Å²) < 4.78 is 16.9. The highest BCUT2D eigenvalue weighted by Crippen LogP contribution is 2.12. The Morgan fingerprint density at radius 1 is 0.241 bits per heavy atom. The Bertz CT molecular complexity index is 2030. The highest BCUT2D eigenvalue weighted by atomic mass is 16.6. The molecule has 460 valence electrons. The first-order valence-corrected chi connectivity index (χ1v) is 32.6. The van der Waals surface area contributed by atoms with E-state index in [9.17, 15) is 14.4 Å². The molecule has 0 N–H and O–H groups in total. The molecule has 1 atom stereocenters. The zero-order valence-corrected chi connectivity index (χ0v) is 52.6. The monoisotopic (exact) mass is 1140 g/mol. The van der Waals surface area contributed by atoms with Crippen LogP contribution in [0.4, 0.5) is 0 Å². The lowest BCUT2D eigenvalue weighted by Gasteiger charge is -2.18. The van der Waals surface area contributed by atoms with E-state index < -0.39 is 6.10 Å². The maximum Gasteiger partial charge on any atom is 0.306 e. The molecule has 0 aliphatic carbocycles. The minimum atomic E-state index is -0.838. The van der Waals surface area contributed by atoms with Gasteiger partial charge >= 0.3 is 17.9 Å². The second-order valence-electron chi connectivity index (χ2n) is 20.5. The molecule has 0 aromatic heterocycles. The Balaban J connectivity index is 4.61. The molecule has 83 heavy (non-hydrogen) atoms. The predicted molar refractivity (Wildman–Crippen MR) is 361 cm³/mol. The Hall–Kier alpha value is -6.01. The molecule has 1 unspecified atom stereocenters. The van der Waals surface area contributed by atoms with E-state index in [2.05, 4.69) is 227 Å². The van der Waals surface area contributed by atoms with E-state index in [1.54, 1.807) is 0 Å². The van der Waals surface area contributed by atoms with Crippen LogP contribution >= 0.6 is 0 Å². The second kappa shape index (κ2) is 68.5. The third kappa shape index (κ3) is 66.7. The van der Waals surface area contributed by atoms with Crippen molar-refractivity contribution in [1.29, 1.82) is 0 Å². The molecule has 0 radical (unpaired) electrons. The highest BCUT2D eigenvalue weighted by molar-refractivity contribution is 5.71. The van der Waals surface area contributed by atoms with Gasteiger partial charge in [0.1, 0.15) is 13.2 Å². The predicted octanol–water partition coefficient (Wildman–Crippen LogP) is 22.8. The number of hydrogen-bond donors (Lipinski definition) is 0. The first kappa shape index (κ1) is 77.0. The summed E-state index contributed by atoms with van der Waals surface area (Å²) in [5.74, 6) is -1.03. The van der Waals surface area contributed by atoms with Crippen LogP contribution in [0.15, 0.2) is 207 Å². The van der Waals surface area contributed by atoms with Crippen LogP contribution in [0.25, 0.3) is 0 Å². The van der Waals surface area contributed by atoms with Gasteiger partial charge in [0, 0.05) is 19.3 Å². The molecular weight excluding hydrogens is 1020 g/mol. The van der Waals surface area contributed by atoms with Crippen molar-refractivity contribution in [2.45, 2.75) is 245 Å². The Morgan fingerprint density at radius 3 is 0.711 bits per heavy atom. The molecule has 6 heteroatoms. The zero-order valence-electron chi connectivity index (χ0n) is 52.6. The normalized spacial score (nSPS) is 13.5. The molecule has 0 heterocycles. The molecule has 6 nitrogen and oxygen atoms in total. The van der Waals surface area contributed by atoms with Crippen LogP contribution in [0, 0.1) is 0 Å². The number of allylic oxidation sites excluding steroid dienone is 34. The number of esters is 3. The number of carbonyl (C=O) groups is 3. The van der Waals surface area contributed by atoms with E-state index in [0.717, 1.165) is 180 Å². The molecule has 0 saturated heterocycles. The molecular formula is C77H116O6. The van der Waals surface area contributed by atoms with Crippen LogP contribution in [0.2, 0.25) is 0 Å². The minimum absolute atomic E-state index is 0.126. The summed E-state index contributed by atoms with van der Waals surface area (Å²) in [7, 11) is 0. The summed E-state index contributed by atoms with van der Waals surface area (Å²) in [6.07, 6.45) is 105. The zero-order chi connectivity index (χ0) is 59.9. The van der Waals surface area contributed by atoms with Crippen molar-refractivity contribution in [3.05, 3.63) is 207 Å². The van der Waals surface area contributed by atoms with Gasteiger partial charge in [-0.15, -0.1) is 0 Å². The fourth-order valence-corrected chi connectivity index (χ4v) is 8.00. The molecule has 0 aliphatic heterocycles. The van der Waals surface area contributed by atoms with Crippen molar-refractivity contribution >= 4 is 17.9 Å². The van der Waals surface area contributed by atoms with E-state index in [1.807, 2.05) is 0 Å². The van der Waals surface area contributed by atoms with Gasteiger partial charge in [-0.1, -0.05) is 259 Å². The first-order valence-electron chi connectivity index (χ1n) is 32.6. The maximum atomic E-state index is 12.9. The third-order valence-electron chi connectivity index (χ3n) is 12.8. The van der Waals surface area contributed by atoms with E-state index >= 15 is 0 Å². The molecule has 0 aliphatic rings. The fraction of sp³-hybridized carbons (Fsp3) is 0.519. The average Bonchev–Trinajstić information content (AvgIpc) is 3.50. The molecule has 0 saturated carbocycles. The van der Waals surface area contributed by atoms with Gasteiger partial charge in [0.15, 0.2) is 6.10 Å². The maximum absolute atomic E-state index is 12.9. The lowest BCUT2D eigenvalue weighted by Crippen LogP contribution is -2.30. The van der Waals surface area contributed by atoms with Crippen LogP contribution in [0.3, 0.4) is 0 Å². The van der Waals surface area contributed by atoms with Crippen molar-refractivity contribution in [3.8, 4) is 0 Å². The smallest absolute Gasteiger partial charge is 0.306 e. The van der Waals surface area contributed by atoms with E-state index in [-0.39, 0.29) is 37.5 Å². The van der Waals surface area contributed by atoms with E-state index in [4.69, 9.17) is 14.2 Å². The van der Waals surface area contributed by atoms with Crippen LogP contribution < -0.4 is 0 Å². The Labute approximate surface area is 509 Å². The van der Waals surface area contributed by atoms with Crippen molar-refractivity contribution < 1.29 is 28.6 Å². The van der Waals surface area contributed by atoms with Gasteiger partial charge < -0.3 is 14.2 Å². The summed E-state index contributed by atoms with van der Waals surface area (Å²) in [6, 6.07) is 0. The molecule has 0 spiro atoms. The first-order chi connectivity index (χ1) is 41.0. The highest BCUT2D eigenvalue weighted by Gasteiger charge is 2.19. The van der Waals surface area contributed by atoms with Crippen LogP contribution in [0.1, 0.15) is 239 Å². The van der Waals surface area contributed by atoms with Crippen molar-refractivity contribution in [2.75, 3.05) is 13.2 Å². The number of rotatable bonds is 56. The van der Waals surface area contributed by atoms with Gasteiger partial charge in [-0.3, -0.25) is 14.4 Å². The standard InChI is InChI=1S/C77H116O6/c1-4-7-10-13-16-19-22-25-28-31-34-36-37-38-39-41-43-46-49-52-55-58-61-64-67-70-76(79)82-73-74(72-81-75(78)69-66-63-60-57-54-51-48-45-42-33-30-27-24-21-18-15-12-9-6-3)83-77(80)71-68-65-62-59-56-53-50-47-44-40-35-32-29-26-23-20-17-14-11-8-5-2/h7-12,16-21,25-30,34-36,38-40,42-43,45-47,50,52,55-56,59,74H,4-6,13-15,22-24,31-33,37,41,44,48-49,51,53-54,57-58,60-73H2,1-3H3/b10-7-,11-8-,12-9-,19-16-,20-17-,21-18-,28-25-,29-26-,30-27-,36-34-,39-38-,40-35-,45-42-,46-43-,50-47-,55-52-,59-56-. The SMILES string of the molecule is CC/C=C\C/C=C\C/C=C\C/C=C\C/C=C\C/C=C\C/C=C\CCCCCC(=O)OCC(COC(=O)CCCCCCCC/C=C\C/C=C\C/C=C\C/C=C\CC)OC(=O)CCCC/C=C\C/C=C\C/C=C\C/C=C\C/C=C\C/C=C\CC. The van der Waals surface area contributed by atoms with E-state index in [0.29, 0.717) is 19.3 Å². The van der Waals surface area contributed by atoms with Gasteiger partial charge in [-0.05, 0) is 167 Å². The molecule has 0 fully saturated rings. The molecule has 0 aromatic carbocycles. The van der Waals surface area contributed by atoms with Crippen molar-refractivity contribution in [2.24, 2.45) is 0 Å². The molecule has 0 amide bonds. The van der Waals surface area contributed by atoms with Crippen molar-refractivity contribution in [3.63, 3.8) is 0 Å². The lowest BCUT2D eigenvalue weighted by molar-refractivity contribution is -0.167.